The quantitative estimate of drug-likeness (QED) is 0.467. The van der Waals surface area contributed by atoms with Crippen LogP contribution in [0.5, 0.6) is 0 Å². The Kier molecular flexibility index (Phi) is 5.47. The second kappa shape index (κ2) is 8.27. The van der Waals surface area contributed by atoms with Gasteiger partial charge in [0.1, 0.15) is 22.9 Å². The van der Waals surface area contributed by atoms with Crippen molar-refractivity contribution in [1.82, 2.24) is 15.6 Å². The molecule has 3 aliphatic rings. The van der Waals surface area contributed by atoms with E-state index in [1.807, 2.05) is 24.3 Å². The first-order valence-corrected chi connectivity index (χ1v) is 11.4. The summed E-state index contributed by atoms with van der Waals surface area (Å²) in [5.74, 6) is -0.782. The average Bonchev–Trinajstić information content (AvgIpc) is 3.26. The van der Waals surface area contributed by atoms with E-state index in [0.29, 0.717) is 23.2 Å². The molecule has 5 N–H and O–H groups in total. The number of para-hydroxylation sites is 1. The van der Waals surface area contributed by atoms with Gasteiger partial charge in [-0.15, -0.1) is 11.3 Å². The molecule has 1 aromatic heterocycles. The van der Waals surface area contributed by atoms with Gasteiger partial charge in [0.2, 0.25) is 11.9 Å². The van der Waals surface area contributed by atoms with Crippen LogP contribution in [0, 0.1) is 5.92 Å². The van der Waals surface area contributed by atoms with Crippen LogP contribution >= 0.6 is 11.3 Å². The summed E-state index contributed by atoms with van der Waals surface area (Å²) in [5.41, 5.74) is 0.806. The number of benzene rings is 1. The van der Waals surface area contributed by atoms with Crippen molar-refractivity contribution in [2.75, 3.05) is 6.61 Å². The predicted octanol–water partition coefficient (Wildman–Crippen LogP) is 0.509. The molecule has 1 aliphatic heterocycles. The number of fused-ring (bicyclic) bond motifs is 1. The number of nitrogens with one attached hydrogen (secondary N) is 2. The molecule has 5 rings (SSSR count). The van der Waals surface area contributed by atoms with E-state index in [1.165, 1.54) is 11.3 Å². The SMILES string of the molecule is O=C1NC(=NC2CCC2)NC(=N[C@@H]2C[C@H](CO)[C@@H](O)[C@H]2O)C1c1nc2ccccc2s1. The fourth-order valence-electron chi connectivity index (χ4n) is 4.24. The third-order valence-corrected chi connectivity index (χ3v) is 7.38. The lowest BCUT2D eigenvalue weighted by Gasteiger charge is -2.29. The van der Waals surface area contributed by atoms with Gasteiger partial charge in [-0.25, -0.2) is 9.98 Å². The smallest absolute Gasteiger partial charge is 0.244 e. The molecule has 1 unspecified atom stereocenters. The summed E-state index contributed by atoms with van der Waals surface area (Å²) < 4.78 is 0.968. The van der Waals surface area contributed by atoms with Crippen LogP contribution in [-0.2, 0) is 4.79 Å². The van der Waals surface area contributed by atoms with Gasteiger partial charge in [-0.1, -0.05) is 12.1 Å². The molecular formula is C21H25N5O4S. The van der Waals surface area contributed by atoms with Crippen molar-refractivity contribution in [3.05, 3.63) is 29.3 Å². The molecule has 0 radical (unpaired) electrons. The number of aliphatic hydroxyl groups is 3. The van der Waals surface area contributed by atoms with Gasteiger partial charge < -0.3 is 20.6 Å². The third kappa shape index (κ3) is 3.84. The van der Waals surface area contributed by atoms with Crippen LogP contribution in [0.4, 0.5) is 0 Å². The fraction of sp³-hybridized carbons (Fsp3) is 0.524. The van der Waals surface area contributed by atoms with Gasteiger partial charge in [0.05, 0.1) is 28.4 Å². The third-order valence-electron chi connectivity index (χ3n) is 6.28. The number of rotatable bonds is 4. The predicted molar refractivity (Wildman–Crippen MR) is 117 cm³/mol. The van der Waals surface area contributed by atoms with E-state index in [1.54, 1.807) is 0 Å². The maximum absolute atomic E-state index is 13.1. The zero-order valence-corrected chi connectivity index (χ0v) is 17.6. The number of aliphatic hydroxyl groups excluding tert-OH is 3. The second-order valence-corrected chi connectivity index (χ2v) is 9.43. The molecule has 2 heterocycles. The molecule has 5 atom stereocenters. The highest BCUT2D eigenvalue weighted by Crippen LogP contribution is 2.33. The lowest BCUT2D eigenvalue weighted by Crippen LogP contribution is -2.56. The zero-order valence-electron chi connectivity index (χ0n) is 16.8. The first-order chi connectivity index (χ1) is 15.0. The minimum Gasteiger partial charge on any atom is -0.396 e. The van der Waals surface area contributed by atoms with Gasteiger partial charge in [0, 0.05) is 12.5 Å². The Balaban J connectivity index is 1.51. The Morgan fingerprint density at radius 3 is 2.61 bits per heavy atom. The van der Waals surface area contributed by atoms with Gasteiger partial charge in [-0.05, 0) is 37.8 Å². The molecule has 31 heavy (non-hydrogen) atoms. The number of amides is 1. The van der Waals surface area contributed by atoms with Crippen molar-refractivity contribution in [2.24, 2.45) is 15.9 Å². The Bertz CT molecular complexity index is 1020. The van der Waals surface area contributed by atoms with E-state index >= 15 is 0 Å². The Morgan fingerprint density at radius 2 is 1.94 bits per heavy atom. The highest BCUT2D eigenvalue weighted by atomic mass is 32.1. The van der Waals surface area contributed by atoms with Crippen molar-refractivity contribution < 1.29 is 20.1 Å². The molecule has 1 saturated heterocycles. The highest BCUT2D eigenvalue weighted by Gasteiger charge is 2.43. The molecule has 9 nitrogen and oxygen atoms in total. The molecular weight excluding hydrogens is 418 g/mol. The maximum atomic E-state index is 13.1. The van der Waals surface area contributed by atoms with Gasteiger partial charge in [0.25, 0.3) is 0 Å². The number of carbonyl (C=O) groups excluding carboxylic acids is 1. The molecule has 1 amide bonds. The average molecular weight is 444 g/mol. The summed E-state index contributed by atoms with van der Waals surface area (Å²) in [5, 5.41) is 36.7. The Hall–Kier alpha value is -2.40. The highest BCUT2D eigenvalue weighted by molar-refractivity contribution is 7.18. The van der Waals surface area contributed by atoms with Gasteiger partial charge in [-0.2, -0.15) is 0 Å². The summed E-state index contributed by atoms with van der Waals surface area (Å²) in [4.78, 5) is 27.0. The van der Waals surface area contributed by atoms with Gasteiger partial charge in [-0.3, -0.25) is 15.1 Å². The van der Waals surface area contributed by atoms with Crippen LogP contribution in [-0.4, -0.2) is 68.9 Å². The molecule has 10 heteroatoms. The van der Waals surface area contributed by atoms with E-state index in [4.69, 9.17) is 0 Å². The second-order valence-electron chi connectivity index (χ2n) is 8.37. The number of hydrogen-bond acceptors (Lipinski definition) is 8. The van der Waals surface area contributed by atoms with E-state index in [2.05, 4.69) is 25.6 Å². The first-order valence-electron chi connectivity index (χ1n) is 10.6. The molecule has 2 aliphatic carbocycles. The number of thiazole rings is 1. The number of aliphatic imine (C=N–C) groups is 2. The van der Waals surface area contributed by atoms with Crippen LogP contribution in [0.2, 0.25) is 0 Å². The van der Waals surface area contributed by atoms with Crippen molar-refractivity contribution >= 4 is 39.3 Å². The molecule has 2 saturated carbocycles. The molecule has 164 valence electrons. The fourth-order valence-corrected chi connectivity index (χ4v) is 5.31. The number of carbonyl (C=O) groups is 1. The summed E-state index contributed by atoms with van der Waals surface area (Å²) in [7, 11) is 0. The summed E-state index contributed by atoms with van der Waals surface area (Å²) in [6, 6.07) is 7.21. The van der Waals surface area contributed by atoms with Crippen LogP contribution in [0.15, 0.2) is 34.3 Å². The molecule has 1 aromatic carbocycles. The van der Waals surface area contributed by atoms with Crippen molar-refractivity contribution in [3.63, 3.8) is 0 Å². The molecule has 0 bridgehead atoms. The van der Waals surface area contributed by atoms with Crippen LogP contribution in [0.25, 0.3) is 10.2 Å². The Labute approximate surface area is 182 Å². The minimum atomic E-state index is -1.11. The lowest BCUT2D eigenvalue weighted by molar-refractivity contribution is -0.120. The van der Waals surface area contributed by atoms with Crippen molar-refractivity contribution in [3.8, 4) is 0 Å². The van der Waals surface area contributed by atoms with E-state index in [9.17, 15) is 20.1 Å². The molecule has 0 spiro atoms. The van der Waals surface area contributed by atoms with E-state index in [-0.39, 0.29) is 18.6 Å². The normalized spacial score (nSPS) is 34.2. The summed E-state index contributed by atoms with van der Waals surface area (Å²) in [6.45, 7) is -0.233. The number of amidine groups is 1. The number of aromatic nitrogens is 1. The number of hydrogen-bond donors (Lipinski definition) is 5. The van der Waals surface area contributed by atoms with Gasteiger partial charge >= 0.3 is 0 Å². The summed E-state index contributed by atoms with van der Waals surface area (Å²) in [6.07, 6.45) is 1.26. The van der Waals surface area contributed by atoms with Crippen LogP contribution in [0.1, 0.15) is 36.6 Å². The van der Waals surface area contributed by atoms with Crippen LogP contribution < -0.4 is 10.6 Å². The first kappa shape index (κ1) is 20.5. The molecule has 3 fully saturated rings. The van der Waals surface area contributed by atoms with Crippen molar-refractivity contribution in [2.45, 2.75) is 55.9 Å². The zero-order chi connectivity index (χ0) is 21.5. The summed E-state index contributed by atoms with van der Waals surface area (Å²) >= 11 is 1.42. The minimum absolute atomic E-state index is 0.181. The van der Waals surface area contributed by atoms with E-state index < -0.39 is 30.1 Å². The topological polar surface area (TPSA) is 139 Å². The number of nitrogens with zero attached hydrogens (tertiary/aromatic N) is 3. The largest absolute Gasteiger partial charge is 0.396 e. The molecule has 2 aromatic rings. The van der Waals surface area contributed by atoms with Crippen LogP contribution in [0.3, 0.4) is 0 Å². The van der Waals surface area contributed by atoms with Crippen molar-refractivity contribution in [1.29, 1.82) is 0 Å². The monoisotopic (exact) mass is 443 g/mol. The number of guanidine groups is 1. The van der Waals surface area contributed by atoms with Gasteiger partial charge in [0.15, 0.2) is 0 Å². The lowest BCUT2D eigenvalue weighted by atomic mass is 9.94. The van der Waals surface area contributed by atoms with E-state index in [0.717, 1.165) is 29.5 Å². The standard InChI is InChI=1S/C21H25N5O4S/c27-9-10-8-13(17(29)16(10)28)23-18-15(20-24-12-6-1-2-7-14(12)31-20)19(30)26-21(25-18)22-11-4-3-5-11/h1-2,6-7,10-11,13,15-17,27-29H,3-5,8-9H2,(H2,22,23,25,26,30)/t10-,13-,15?,16-,17+/m1/s1. The Morgan fingerprint density at radius 1 is 1.13 bits per heavy atom. The maximum Gasteiger partial charge on any atom is 0.244 e.